The van der Waals surface area contributed by atoms with Crippen LogP contribution in [0.3, 0.4) is 0 Å². The first-order valence-electron chi connectivity index (χ1n) is 9.58. The van der Waals surface area contributed by atoms with Gasteiger partial charge in [-0.2, -0.15) is 0 Å². The molecule has 0 aromatic heterocycles. The number of rotatable bonds is 12. The van der Waals surface area contributed by atoms with Crippen molar-refractivity contribution in [1.82, 2.24) is 4.72 Å². The van der Waals surface area contributed by atoms with Crippen LogP contribution in [-0.2, 0) is 15.6 Å². The van der Waals surface area contributed by atoms with Crippen molar-refractivity contribution in [3.8, 4) is 5.75 Å². The molecule has 0 aliphatic carbocycles. The van der Waals surface area contributed by atoms with Crippen LogP contribution in [0.1, 0.15) is 58.9 Å². The van der Waals surface area contributed by atoms with Gasteiger partial charge in [0.15, 0.2) is 0 Å². The van der Waals surface area contributed by atoms with Crippen LogP contribution in [0.4, 0.5) is 8.78 Å². The van der Waals surface area contributed by atoms with Crippen LogP contribution >= 0.6 is 0 Å². The van der Waals surface area contributed by atoms with Gasteiger partial charge >= 0.3 is 0 Å². The molecule has 8 heteroatoms. The van der Waals surface area contributed by atoms with Gasteiger partial charge in [-0.3, -0.25) is 0 Å². The van der Waals surface area contributed by atoms with Gasteiger partial charge in [-0.25, -0.2) is 21.9 Å². The number of unbranched alkanes of at least 4 members (excludes halogenated alkanes) is 1. The first-order chi connectivity index (χ1) is 12.9. The van der Waals surface area contributed by atoms with Crippen molar-refractivity contribution >= 4 is 10.0 Å². The summed E-state index contributed by atoms with van der Waals surface area (Å²) >= 11 is 0. The Morgan fingerprint density at radius 1 is 1.21 bits per heavy atom. The van der Waals surface area contributed by atoms with Crippen LogP contribution in [0, 0.1) is 5.41 Å². The van der Waals surface area contributed by atoms with E-state index in [1.165, 1.54) is 12.1 Å². The molecule has 1 aromatic rings. The van der Waals surface area contributed by atoms with Gasteiger partial charge in [-0.05, 0) is 42.4 Å². The van der Waals surface area contributed by atoms with Crippen LogP contribution in [0.15, 0.2) is 24.3 Å². The third kappa shape index (κ3) is 9.30. The predicted octanol–water partition coefficient (Wildman–Crippen LogP) is 4.06. The van der Waals surface area contributed by atoms with Crippen LogP contribution in [0.2, 0.25) is 0 Å². The lowest BCUT2D eigenvalue weighted by molar-refractivity contribution is 0.0374. The summed E-state index contributed by atoms with van der Waals surface area (Å²) in [6.07, 6.45) is -0.0519. The number of aliphatic hydroxyl groups is 1. The van der Waals surface area contributed by atoms with E-state index in [2.05, 4.69) is 25.5 Å². The normalized spacial score (nSPS) is 14.9. The molecule has 0 spiro atoms. The monoisotopic (exact) mass is 421 g/mol. The molecular formula is C20H33F2NO4S. The Bertz CT molecular complexity index is 704. The van der Waals surface area contributed by atoms with Crippen molar-refractivity contribution in [2.45, 2.75) is 65.4 Å². The van der Waals surface area contributed by atoms with Crippen molar-refractivity contribution in [1.29, 1.82) is 0 Å². The largest absolute Gasteiger partial charge is 0.488 e. The third-order valence-corrected chi connectivity index (χ3v) is 5.92. The Balaban J connectivity index is 2.69. The molecule has 0 saturated heterocycles. The van der Waals surface area contributed by atoms with Crippen molar-refractivity contribution < 1.29 is 27.0 Å². The zero-order valence-corrected chi connectivity index (χ0v) is 18.0. The average molecular weight is 422 g/mol. The highest BCUT2D eigenvalue weighted by molar-refractivity contribution is 7.89. The van der Waals surface area contributed by atoms with Gasteiger partial charge in [0, 0.05) is 6.54 Å². The molecule has 28 heavy (non-hydrogen) atoms. The molecule has 1 aromatic carbocycles. The zero-order valence-electron chi connectivity index (χ0n) is 17.2. The Kier molecular flexibility index (Phi) is 9.30. The lowest BCUT2D eigenvalue weighted by atomic mass is 9.90. The molecule has 2 N–H and O–H groups in total. The topological polar surface area (TPSA) is 75.6 Å². The number of hydrogen-bond acceptors (Lipinski definition) is 4. The highest BCUT2D eigenvalue weighted by Gasteiger charge is 2.29. The molecule has 0 fully saturated rings. The molecule has 5 nitrogen and oxygen atoms in total. The molecule has 0 heterocycles. The number of benzene rings is 1. The van der Waals surface area contributed by atoms with Crippen LogP contribution in [0.25, 0.3) is 0 Å². The van der Waals surface area contributed by atoms with Gasteiger partial charge in [0.2, 0.25) is 10.0 Å². The molecule has 0 bridgehead atoms. The van der Waals surface area contributed by atoms with E-state index in [0.717, 1.165) is 12.8 Å². The minimum atomic E-state index is -3.52. The van der Waals surface area contributed by atoms with Crippen molar-refractivity contribution in [2.75, 3.05) is 18.9 Å². The van der Waals surface area contributed by atoms with E-state index in [4.69, 9.17) is 4.74 Å². The number of hydrogen-bond donors (Lipinski definition) is 2. The SMILES string of the molecule is CC[C@@](O)(CNS(=O)(=O)CCCCC(C)(C)C)c1cccc(OCC(F)F)c1. The molecule has 0 unspecified atom stereocenters. The van der Waals surface area contributed by atoms with E-state index in [9.17, 15) is 22.3 Å². The zero-order chi connectivity index (χ0) is 21.4. The van der Waals surface area contributed by atoms with E-state index in [1.54, 1.807) is 19.1 Å². The number of alkyl halides is 2. The van der Waals surface area contributed by atoms with Gasteiger partial charge in [0.25, 0.3) is 6.43 Å². The fourth-order valence-electron chi connectivity index (χ4n) is 2.71. The Hall–Kier alpha value is -1.25. The highest BCUT2D eigenvalue weighted by atomic mass is 32.2. The van der Waals surface area contributed by atoms with E-state index in [-0.39, 0.29) is 29.9 Å². The second-order valence-electron chi connectivity index (χ2n) is 8.27. The first kappa shape index (κ1) is 24.8. The smallest absolute Gasteiger partial charge is 0.272 e. The molecular weight excluding hydrogens is 388 g/mol. The second-order valence-corrected chi connectivity index (χ2v) is 10.2. The summed E-state index contributed by atoms with van der Waals surface area (Å²) in [4.78, 5) is 0. The van der Waals surface area contributed by atoms with Crippen molar-refractivity contribution in [3.63, 3.8) is 0 Å². The number of halogens is 2. The molecule has 0 saturated carbocycles. The van der Waals surface area contributed by atoms with Gasteiger partial charge in [-0.15, -0.1) is 0 Å². The Morgan fingerprint density at radius 3 is 2.46 bits per heavy atom. The van der Waals surface area contributed by atoms with Gasteiger partial charge in [-0.1, -0.05) is 46.2 Å². The van der Waals surface area contributed by atoms with Crippen LogP contribution in [0.5, 0.6) is 5.75 Å². The summed E-state index contributed by atoms with van der Waals surface area (Å²) in [7, 11) is -3.52. The van der Waals surface area contributed by atoms with E-state index in [1.807, 2.05) is 0 Å². The van der Waals surface area contributed by atoms with Gasteiger partial charge in [0.1, 0.15) is 18.0 Å². The number of ether oxygens (including phenoxy) is 1. The molecule has 0 radical (unpaired) electrons. The molecule has 1 atom stereocenters. The maximum Gasteiger partial charge on any atom is 0.272 e. The minimum absolute atomic E-state index is 0.000410. The molecule has 0 amide bonds. The maximum absolute atomic E-state index is 12.3. The fourth-order valence-corrected chi connectivity index (χ4v) is 3.90. The van der Waals surface area contributed by atoms with Gasteiger partial charge in [0.05, 0.1) is 5.75 Å². The van der Waals surface area contributed by atoms with Crippen LogP contribution < -0.4 is 9.46 Å². The average Bonchev–Trinajstić information content (AvgIpc) is 2.61. The summed E-state index contributed by atoms with van der Waals surface area (Å²) in [6.45, 7) is 7.13. The number of nitrogens with one attached hydrogen (secondary N) is 1. The summed E-state index contributed by atoms with van der Waals surface area (Å²) in [5, 5.41) is 10.9. The summed E-state index contributed by atoms with van der Waals surface area (Å²) in [6, 6.07) is 6.18. The predicted molar refractivity (Wildman–Crippen MR) is 107 cm³/mol. The lowest BCUT2D eigenvalue weighted by Gasteiger charge is -2.28. The first-order valence-corrected chi connectivity index (χ1v) is 11.2. The molecule has 0 aliphatic heterocycles. The summed E-state index contributed by atoms with van der Waals surface area (Å²) in [5.41, 5.74) is -0.878. The quantitative estimate of drug-likeness (QED) is 0.499. The van der Waals surface area contributed by atoms with E-state index < -0.39 is 28.7 Å². The third-order valence-electron chi connectivity index (χ3n) is 4.51. The minimum Gasteiger partial charge on any atom is -0.488 e. The van der Waals surface area contributed by atoms with Crippen molar-refractivity contribution in [3.05, 3.63) is 29.8 Å². The van der Waals surface area contributed by atoms with E-state index >= 15 is 0 Å². The summed E-state index contributed by atoms with van der Waals surface area (Å²) < 4.78 is 56.6. The fraction of sp³-hybridized carbons (Fsp3) is 0.700. The highest BCUT2D eigenvalue weighted by Crippen LogP contribution is 2.28. The second kappa shape index (κ2) is 10.5. The lowest BCUT2D eigenvalue weighted by Crippen LogP contribution is -2.41. The molecule has 1 rings (SSSR count). The van der Waals surface area contributed by atoms with E-state index in [0.29, 0.717) is 12.0 Å². The maximum atomic E-state index is 12.3. The summed E-state index contributed by atoms with van der Waals surface area (Å²) in [5.74, 6) is 0.204. The van der Waals surface area contributed by atoms with Crippen molar-refractivity contribution in [2.24, 2.45) is 5.41 Å². The number of sulfonamides is 1. The Morgan fingerprint density at radius 2 is 1.89 bits per heavy atom. The van der Waals surface area contributed by atoms with Gasteiger partial charge < -0.3 is 9.84 Å². The van der Waals surface area contributed by atoms with Crippen LogP contribution in [-0.4, -0.2) is 38.9 Å². The Labute approximate surface area is 167 Å². The molecule has 162 valence electrons. The molecule has 0 aliphatic rings. The standard InChI is InChI=1S/C20H33F2NO4S/c1-5-20(24,16-9-8-10-17(13-16)27-14-18(21)22)15-23-28(25,26)12-7-6-11-19(2,3)4/h8-10,13,18,23-24H,5-7,11-12,14-15H2,1-4H3/t20-/m1/s1.